The van der Waals surface area contributed by atoms with Crippen LogP contribution in [0.25, 0.3) is 0 Å². The number of rotatable bonds is 0. The largest absolute Gasteiger partial charge is 0.507 e. The minimum Gasteiger partial charge on any atom is -0.507 e. The fourth-order valence-electron chi connectivity index (χ4n) is 1.74. The molecular weight excluding hydrogens is 197 g/mol. The van der Waals surface area contributed by atoms with Crippen molar-refractivity contribution in [2.24, 2.45) is 0 Å². The smallest absolute Gasteiger partial charge is 0.148 e. The number of ether oxygens (including phenoxy) is 1. The van der Waals surface area contributed by atoms with Crippen LogP contribution in [0.4, 0.5) is 4.39 Å². The molecule has 1 heterocycles. The van der Waals surface area contributed by atoms with Gasteiger partial charge in [0.15, 0.2) is 0 Å². The average Bonchev–Trinajstić information content (AvgIpc) is 2.44. The quantitative estimate of drug-likeness (QED) is 0.708. The second-order valence-electron chi connectivity index (χ2n) is 3.48. The first kappa shape index (κ1) is 9.78. The van der Waals surface area contributed by atoms with Gasteiger partial charge in [0.05, 0.1) is 6.61 Å². The van der Waals surface area contributed by atoms with Crippen LogP contribution in [0.5, 0.6) is 11.5 Å². The number of hydrogen-bond donors (Lipinski definition) is 1. The number of nitriles is 1. The third kappa shape index (κ3) is 1.61. The first-order valence-electron chi connectivity index (χ1n) is 4.81. The van der Waals surface area contributed by atoms with Gasteiger partial charge in [-0.3, -0.25) is 0 Å². The van der Waals surface area contributed by atoms with E-state index in [1.165, 1.54) is 0 Å². The van der Waals surface area contributed by atoms with Gasteiger partial charge in [0, 0.05) is 11.6 Å². The monoisotopic (exact) mass is 207 g/mol. The molecule has 1 N–H and O–H groups in total. The zero-order valence-corrected chi connectivity index (χ0v) is 8.09. The maximum Gasteiger partial charge on any atom is 0.148 e. The van der Waals surface area contributed by atoms with Crippen molar-refractivity contribution in [1.82, 2.24) is 0 Å². The predicted octanol–water partition coefficient (Wildman–Crippen LogP) is 2.12. The van der Waals surface area contributed by atoms with Gasteiger partial charge in [-0.1, -0.05) is 0 Å². The summed E-state index contributed by atoms with van der Waals surface area (Å²) in [5.41, 5.74) is 0.440. The van der Waals surface area contributed by atoms with Crippen molar-refractivity contribution in [3.05, 3.63) is 23.0 Å². The summed E-state index contributed by atoms with van der Waals surface area (Å²) < 4.78 is 18.6. The molecule has 1 aliphatic rings. The van der Waals surface area contributed by atoms with E-state index in [4.69, 9.17) is 10.00 Å². The maximum atomic E-state index is 13.3. The van der Waals surface area contributed by atoms with Crippen molar-refractivity contribution in [2.75, 3.05) is 6.61 Å². The summed E-state index contributed by atoms with van der Waals surface area (Å²) in [5, 5.41) is 18.4. The summed E-state index contributed by atoms with van der Waals surface area (Å²) in [6.45, 7) is 0.463. The maximum absolute atomic E-state index is 13.3. The van der Waals surface area contributed by atoms with Crippen LogP contribution >= 0.6 is 0 Å². The van der Waals surface area contributed by atoms with Gasteiger partial charge in [0.25, 0.3) is 0 Å². The van der Waals surface area contributed by atoms with E-state index in [0.717, 1.165) is 18.9 Å². The number of nitrogens with zero attached hydrogens (tertiary/aromatic N) is 1. The molecule has 1 aliphatic heterocycles. The van der Waals surface area contributed by atoms with Gasteiger partial charge >= 0.3 is 0 Å². The van der Waals surface area contributed by atoms with E-state index in [9.17, 15) is 9.50 Å². The van der Waals surface area contributed by atoms with Crippen LogP contribution in [0.1, 0.15) is 24.0 Å². The van der Waals surface area contributed by atoms with Crippen molar-refractivity contribution >= 4 is 0 Å². The van der Waals surface area contributed by atoms with Crippen molar-refractivity contribution in [2.45, 2.75) is 19.3 Å². The Bertz CT molecular complexity index is 437. The van der Waals surface area contributed by atoms with E-state index in [2.05, 4.69) is 0 Å². The Balaban J connectivity index is 2.64. The number of benzene rings is 1. The molecule has 0 atom stereocenters. The van der Waals surface area contributed by atoms with Crippen LogP contribution in [0.3, 0.4) is 0 Å². The molecule has 2 rings (SSSR count). The number of aromatic hydroxyl groups is 1. The Kier molecular flexibility index (Phi) is 2.46. The summed E-state index contributed by atoms with van der Waals surface area (Å²) in [7, 11) is 0. The molecule has 0 fully saturated rings. The topological polar surface area (TPSA) is 53.2 Å². The van der Waals surface area contributed by atoms with Gasteiger partial charge in [-0.25, -0.2) is 4.39 Å². The minimum absolute atomic E-state index is 0.107. The van der Waals surface area contributed by atoms with E-state index in [0.29, 0.717) is 18.6 Å². The lowest BCUT2D eigenvalue weighted by Crippen LogP contribution is -2.00. The SMILES string of the molecule is N#Cc1c(F)cc(O)c2c1OCCCC2. The standard InChI is InChI=1S/C11H10FNO2/c12-9-5-10(14)7-3-1-2-4-15-11(7)8(9)6-13/h5,14H,1-4H2. The minimum atomic E-state index is -0.726. The van der Waals surface area contributed by atoms with Gasteiger partial charge in [0.1, 0.15) is 28.9 Å². The molecule has 3 nitrogen and oxygen atoms in total. The van der Waals surface area contributed by atoms with E-state index in [-0.39, 0.29) is 17.1 Å². The van der Waals surface area contributed by atoms with Crippen LogP contribution in [-0.4, -0.2) is 11.7 Å². The van der Waals surface area contributed by atoms with Gasteiger partial charge in [-0.2, -0.15) is 5.26 Å². The first-order chi connectivity index (χ1) is 7.24. The zero-order valence-electron chi connectivity index (χ0n) is 8.09. The molecule has 0 saturated heterocycles. The number of phenols is 1. The summed E-state index contributed by atoms with van der Waals surface area (Å²) in [5.74, 6) is -0.633. The van der Waals surface area contributed by atoms with Gasteiger partial charge < -0.3 is 9.84 Å². The molecule has 1 aromatic carbocycles. The second kappa shape index (κ2) is 3.77. The molecule has 0 unspecified atom stereocenters. The van der Waals surface area contributed by atoms with Crippen LogP contribution < -0.4 is 4.74 Å². The number of halogens is 1. The lowest BCUT2D eigenvalue weighted by molar-refractivity contribution is 0.313. The zero-order chi connectivity index (χ0) is 10.8. The number of phenolic OH excluding ortho intramolecular Hbond substituents is 1. The fraction of sp³-hybridized carbons (Fsp3) is 0.364. The van der Waals surface area contributed by atoms with E-state index in [1.54, 1.807) is 6.07 Å². The molecule has 0 spiro atoms. The second-order valence-corrected chi connectivity index (χ2v) is 3.48. The molecule has 15 heavy (non-hydrogen) atoms. The Morgan fingerprint density at radius 2 is 2.27 bits per heavy atom. The lowest BCUT2D eigenvalue weighted by atomic mass is 10.0. The average molecular weight is 207 g/mol. The van der Waals surface area contributed by atoms with Crippen molar-refractivity contribution in [3.63, 3.8) is 0 Å². The molecule has 0 saturated carbocycles. The van der Waals surface area contributed by atoms with Crippen molar-refractivity contribution in [3.8, 4) is 17.6 Å². The van der Waals surface area contributed by atoms with Crippen LogP contribution in [0.2, 0.25) is 0 Å². The van der Waals surface area contributed by atoms with E-state index >= 15 is 0 Å². The molecule has 1 aromatic rings. The first-order valence-corrected chi connectivity index (χ1v) is 4.81. The third-order valence-electron chi connectivity index (χ3n) is 2.49. The van der Waals surface area contributed by atoms with Crippen LogP contribution in [-0.2, 0) is 6.42 Å². The summed E-state index contributed by atoms with van der Waals surface area (Å²) in [6.07, 6.45) is 2.34. The summed E-state index contributed by atoms with van der Waals surface area (Å²) >= 11 is 0. The highest BCUT2D eigenvalue weighted by molar-refractivity contribution is 5.55. The number of fused-ring (bicyclic) bond motifs is 1. The van der Waals surface area contributed by atoms with Crippen LogP contribution in [0, 0.1) is 17.1 Å². The van der Waals surface area contributed by atoms with E-state index < -0.39 is 5.82 Å². The molecular formula is C11H10FNO2. The fourth-order valence-corrected chi connectivity index (χ4v) is 1.74. The summed E-state index contributed by atoms with van der Waals surface area (Å²) in [6, 6.07) is 2.75. The van der Waals surface area contributed by atoms with Gasteiger partial charge in [0.2, 0.25) is 0 Å². The van der Waals surface area contributed by atoms with Crippen LogP contribution in [0.15, 0.2) is 6.07 Å². The molecule has 0 amide bonds. The molecule has 0 aliphatic carbocycles. The Labute approximate surface area is 86.7 Å². The normalized spacial score (nSPS) is 14.7. The molecule has 0 aromatic heterocycles. The van der Waals surface area contributed by atoms with Gasteiger partial charge in [-0.05, 0) is 19.3 Å². The Hall–Kier alpha value is -1.76. The van der Waals surface area contributed by atoms with Crippen molar-refractivity contribution in [1.29, 1.82) is 5.26 Å². The number of hydrogen-bond acceptors (Lipinski definition) is 3. The lowest BCUT2D eigenvalue weighted by Gasteiger charge is -2.10. The highest BCUT2D eigenvalue weighted by atomic mass is 19.1. The molecule has 0 bridgehead atoms. The summed E-state index contributed by atoms with van der Waals surface area (Å²) in [4.78, 5) is 0. The molecule has 78 valence electrons. The predicted molar refractivity (Wildman–Crippen MR) is 51.2 cm³/mol. The molecule has 0 radical (unpaired) electrons. The van der Waals surface area contributed by atoms with Crippen molar-refractivity contribution < 1.29 is 14.2 Å². The Morgan fingerprint density at radius 3 is 3.00 bits per heavy atom. The van der Waals surface area contributed by atoms with E-state index in [1.807, 2.05) is 0 Å². The Morgan fingerprint density at radius 1 is 1.47 bits per heavy atom. The third-order valence-corrected chi connectivity index (χ3v) is 2.49. The molecule has 4 heteroatoms. The highest BCUT2D eigenvalue weighted by Crippen LogP contribution is 2.36. The highest BCUT2D eigenvalue weighted by Gasteiger charge is 2.21. The van der Waals surface area contributed by atoms with Gasteiger partial charge in [-0.15, -0.1) is 0 Å².